The number of rotatable bonds is 5. The second-order valence-electron chi connectivity index (χ2n) is 7.86. The highest BCUT2D eigenvalue weighted by atomic mass is 127. The standard InChI is InChI=1S/C21H17I5O7S/c1-9-2-3-12(20(27)33-18-14(23)5-10(22)6-15(18)24)13(4-9)21(28)32-11-7-16(25)19(17(26)8-11)34(29,30)31/h5-9,12-13H,2-4H2,1H3,(H,29,30,31). The first-order valence-corrected chi connectivity index (χ1v) is 16.7. The van der Waals surface area contributed by atoms with Crippen molar-refractivity contribution in [1.29, 1.82) is 0 Å². The van der Waals surface area contributed by atoms with Gasteiger partial charge < -0.3 is 9.47 Å². The minimum atomic E-state index is -4.42. The van der Waals surface area contributed by atoms with Gasteiger partial charge >= 0.3 is 11.9 Å². The van der Waals surface area contributed by atoms with Gasteiger partial charge in [-0.25, -0.2) is 0 Å². The molecule has 0 aliphatic heterocycles. The second kappa shape index (κ2) is 12.2. The van der Waals surface area contributed by atoms with Gasteiger partial charge in [-0.1, -0.05) is 6.92 Å². The highest BCUT2D eigenvalue weighted by molar-refractivity contribution is 14.1. The van der Waals surface area contributed by atoms with E-state index in [0.29, 0.717) is 18.6 Å². The van der Waals surface area contributed by atoms with Crippen LogP contribution in [0.2, 0.25) is 0 Å². The Morgan fingerprint density at radius 1 is 0.853 bits per heavy atom. The van der Waals surface area contributed by atoms with E-state index in [1.165, 1.54) is 12.1 Å². The van der Waals surface area contributed by atoms with Crippen molar-refractivity contribution in [2.24, 2.45) is 17.8 Å². The van der Waals surface area contributed by atoms with Crippen LogP contribution in [-0.2, 0) is 19.7 Å². The summed E-state index contributed by atoms with van der Waals surface area (Å²) in [6, 6.07) is 6.58. The van der Waals surface area contributed by atoms with Gasteiger partial charge in [0.05, 0.1) is 19.0 Å². The number of carbonyl (C=O) groups excluding carboxylic acids is 2. The summed E-state index contributed by atoms with van der Waals surface area (Å²) in [5.41, 5.74) is 0. The summed E-state index contributed by atoms with van der Waals surface area (Å²) in [6.45, 7) is 2.03. The lowest BCUT2D eigenvalue weighted by Gasteiger charge is -2.31. The lowest BCUT2D eigenvalue weighted by Crippen LogP contribution is -2.39. The van der Waals surface area contributed by atoms with E-state index in [4.69, 9.17) is 9.47 Å². The van der Waals surface area contributed by atoms with Crippen molar-refractivity contribution in [2.45, 2.75) is 31.1 Å². The van der Waals surface area contributed by atoms with E-state index in [9.17, 15) is 22.6 Å². The summed E-state index contributed by atoms with van der Waals surface area (Å²) >= 11 is 9.98. The van der Waals surface area contributed by atoms with E-state index in [2.05, 4.69) is 67.8 Å². The summed E-state index contributed by atoms with van der Waals surface area (Å²) in [5.74, 6) is -1.48. The van der Waals surface area contributed by atoms with Gasteiger partial charge in [0, 0.05) is 10.7 Å². The lowest BCUT2D eigenvalue weighted by atomic mass is 9.74. The van der Waals surface area contributed by atoms with Crippen LogP contribution < -0.4 is 9.47 Å². The fourth-order valence-electron chi connectivity index (χ4n) is 3.76. The maximum atomic E-state index is 13.2. The number of halogens is 5. The third-order valence-corrected chi connectivity index (χ3v) is 10.9. The van der Waals surface area contributed by atoms with Gasteiger partial charge in [0.1, 0.15) is 10.6 Å². The van der Waals surface area contributed by atoms with E-state index >= 15 is 0 Å². The Balaban J connectivity index is 1.84. The first-order valence-electron chi connectivity index (χ1n) is 9.82. The van der Waals surface area contributed by atoms with E-state index in [0.717, 1.165) is 17.1 Å². The van der Waals surface area contributed by atoms with E-state index in [-0.39, 0.29) is 23.7 Å². The van der Waals surface area contributed by atoms with Gasteiger partial charge in [-0.3, -0.25) is 14.1 Å². The zero-order valence-electron chi connectivity index (χ0n) is 17.4. The maximum Gasteiger partial charge on any atom is 0.315 e. The number of carbonyl (C=O) groups is 2. The Morgan fingerprint density at radius 3 is 1.91 bits per heavy atom. The topological polar surface area (TPSA) is 107 Å². The zero-order valence-corrected chi connectivity index (χ0v) is 29.0. The molecule has 0 saturated heterocycles. The van der Waals surface area contributed by atoms with Crippen molar-refractivity contribution in [2.75, 3.05) is 0 Å². The Morgan fingerprint density at radius 2 is 1.38 bits per heavy atom. The number of hydrogen-bond acceptors (Lipinski definition) is 6. The molecule has 1 saturated carbocycles. The molecule has 3 rings (SSSR count). The molecule has 3 unspecified atom stereocenters. The molecule has 0 aromatic heterocycles. The fourth-order valence-corrected chi connectivity index (χ4v) is 11.6. The SMILES string of the molecule is CC1CCC(C(=O)Oc2c(I)cc(I)cc2I)C(C(=O)Oc2cc(I)c(S(=O)(=O)O)c(I)c2)C1. The van der Waals surface area contributed by atoms with Gasteiger partial charge in [-0.2, -0.15) is 8.42 Å². The molecule has 0 spiro atoms. The van der Waals surface area contributed by atoms with Crippen LogP contribution in [0.15, 0.2) is 29.2 Å². The molecule has 2 aromatic rings. The quantitative estimate of drug-likeness (QED) is 0.158. The average Bonchev–Trinajstić information content (AvgIpc) is 2.68. The Hall–Kier alpha value is 0.940. The van der Waals surface area contributed by atoms with Crippen LogP contribution in [0.3, 0.4) is 0 Å². The molecule has 1 N–H and O–H groups in total. The molecule has 0 heterocycles. The Labute approximate surface area is 265 Å². The lowest BCUT2D eigenvalue weighted by molar-refractivity contribution is -0.153. The van der Waals surface area contributed by atoms with Crippen LogP contribution in [-0.4, -0.2) is 24.9 Å². The normalized spacial score (nSPS) is 20.6. The molecule has 0 radical (unpaired) electrons. The van der Waals surface area contributed by atoms with Crippen LogP contribution in [0, 0.1) is 35.6 Å². The van der Waals surface area contributed by atoms with Crippen molar-refractivity contribution in [3.05, 3.63) is 42.1 Å². The van der Waals surface area contributed by atoms with Crippen LogP contribution in [0.25, 0.3) is 0 Å². The summed E-state index contributed by atoms with van der Waals surface area (Å²) in [5, 5.41) is 0. The molecule has 3 atom stereocenters. The molecule has 13 heteroatoms. The van der Waals surface area contributed by atoms with Crippen LogP contribution in [0.4, 0.5) is 0 Å². The minimum absolute atomic E-state index is 0.151. The second-order valence-corrected chi connectivity index (χ2v) is 15.1. The molecular weight excluding hydrogens is 1030 g/mol. The van der Waals surface area contributed by atoms with Crippen molar-refractivity contribution >= 4 is 135 Å². The minimum Gasteiger partial charge on any atom is -0.426 e. The smallest absolute Gasteiger partial charge is 0.315 e. The molecular formula is C21H17I5O7S. The first-order chi connectivity index (χ1) is 15.8. The van der Waals surface area contributed by atoms with Crippen molar-refractivity contribution in [1.82, 2.24) is 0 Å². The van der Waals surface area contributed by atoms with Crippen molar-refractivity contribution in [3.8, 4) is 11.5 Å². The van der Waals surface area contributed by atoms with Gasteiger partial charge in [-0.05, 0) is 162 Å². The van der Waals surface area contributed by atoms with Crippen molar-refractivity contribution in [3.63, 3.8) is 0 Å². The molecule has 1 fully saturated rings. The number of benzene rings is 2. The summed E-state index contributed by atoms with van der Waals surface area (Å²) in [7, 11) is -4.42. The van der Waals surface area contributed by atoms with Gasteiger partial charge in [0.2, 0.25) is 0 Å². The number of hydrogen-bond donors (Lipinski definition) is 1. The van der Waals surface area contributed by atoms with Gasteiger partial charge in [0.25, 0.3) is 10.1 Å². The van der Waals surface area contributed by atoms with Crippen LogP contribution in [0.1, 0.15) is 26.2 Å². The monoisotopic (exact) mass is 1050 g/mol. The van der Waals surface area contributed by atoms with Crippen LogP contribution in [0.5, 0.6) is 11.5 Å². The molecule has 1 aliphatic carbocycles. The summed E-state index contributed by atoms with van der Waals surface area (Å²) in [6.07, 6.45) is 1.79. The number of ether oxygens (including phenoxy) is 2. The van der Waals surface area contributed by atoms with Gasteiger partial charge in [-0.15, -0.1) is 0 Å². The Bertz CT molecular complexity index is 1200. The molecule has 7 nitrogen and oxygen atoms in total. The molecule has 184 valence electrons. The maximum absolute atomic E-state index is 13.2. The molecule has 0 amide bonds. The first kappa shape index (κ1) is 29.5. The van der Waals surface area contributed by atoms with E-state index < -0.39 is 33.9 Å². The third-order valence-electron chi connectivity index (χ3n) is 5.33. The van der Waals surface area contributed by atoms with E-state index in [1.54, 1.807) is 45.2 Å². The third kappa shape index (κ3) is 7.28. The predicted octanol–water partition coefficient (Wildman–Crippen LogP) is 6.52. The molecule has 0 bridgehead atoms. The average molecular weight is 1050 g/mol. The largest absolute Gasteiger partial charge is 0.426 e. The molecule has 1 aliphatic rings. The van der Waals surface area contributed by atoms with Crippen LogP contribution >= 0.6 is 113 Å². The van der Waals surface area contributed by atoms with Crippen molar-refractivity contribution < 1.29 is 32.0 Å². The highest BCUT2D eigenvalue weighted by Gasteiger charge is 2.41. The summed E-state index contributed by atoms with van der Waals surface area (Å²) < 4.78 is 47.1. The van der Waals surface area contributed by atoms with E-state index in [1.807, 2.05) is 19.1 Å². The highest BCUT2D eigenvalue weighted by Crippen LogP contribution is 2.38. The summed E-state index contributed by atoms with van der Waals surface area (Å²) in [4.78, 5) is 26.1. The zero-order chi connectivity index (χ0) is 25.4. The molecule has 2 aromatic carbocycles. The number of esters is 2. The fraction of sp³-hybridized carbons (Fsp3) is 0.333. The Kier molecular flexibility index (Phi) is 10.6. The predicted molar refractivity (Wildman–Crippen MR) is 168 cm³/mol. The molecule has 34 heavy (non-hydrogen) atoms. The van der Waals surface area contributed by atoms with Gasteiger partial charge in [0.15, 0.2) is 5.75 Å².